The van der Waals surface area contributed by atoms with E-state index in [0.717, 1.165) is 48.6 Å². The molecule has 1 amide bonds. The van der Waals surface area contributed by atoms with Crippen LogP contribution < -0.4 is 5.32 Å². The lowest BCUT2D eigenvalue weighted by Gasteiger charge is -2.35. The molecular weight excluding hydrogens is 366 g/mol. The number of nitrogens with one attached hydrogen (secondary N) is 1. The van der Waals surface area contributed by atoms with Gasteiger partial charge in [-0.05, 0) is 48.9 Å². The van der Waals surface area contributed by atoms with E-state index in [4.69, 9.17) is 8.94 Å². The van der Waals surface area contributed by atoms with Gasteiger partial charge in [0.1, 0.15) is 11.1 Å². The molecule has 29 heavy (non-hydrogen) atoms. The zero-order chi connectivity index (χ0) is 20.6. The molecule has 0 unspecified atom stereocenters. The summed E-state index contributed by atoms with van der Waals surface area (Å²) in [6.07, 6.45) is 6.89. The summed E-state index contributed by atoms with van der Waals surface area (Å²) in [5.74, 6) is 1.50. The molecule has 0 radical (unpaired) electrons. The Morgan fingerprint density at radius 2 is 1.97 bits per heavy atom. The molecule has 0 aliphatic heterocycles. The maximum atomic E-state index is 13.1. The van der Waals surface area contributed by atoms with Crippen molar-refractivity contribution in [2.75, 3.05) is 0 Å². The van der Waals surface area contributed by atoms with Crippen LogP contribution in [0.4, 0.5) is 0 Å². The van der Waals surface area contributed by atoms with Crippen LogP contribution >= 0.6 is 0 Å². The van der Waals surface area contributed by atoms with Crippen LogP contribution in [0.3, 0.4) is 0 Å². The maximum Gasteiger partial charge on any atom is 0.225 e. The van der Waals surface area contributed by atoms with Crippen LogP contribution in [0.5, 0.6) is 0 Å². The van der Waals surface area contributed by atoms with Crippen molar-refractivity contribution in [3.05, 3.63) is 46.8 Å². The zero-order valence-corrected chi connectivity index (χ0v) is 17.7. The normalized spacial score (nSPS) is 16.4. The third kappa shape index (κ3) is 3.80. The van der Waals surface area contributed by atoms with Crippen molar-refractivity contribution in [2.24, 2.45) is 0 Å². The minimum absolute atomic E-state index is 0.0382. The number of nitrogens with zero attached hydrogens (tertiary/aromatic N) is 2. The lowest BCUT2D eigenvalue weighted by Crippen LogP contribution is -2.48. The van der Waals surface area contributed by atoms with Crippen molar-refractivity contribution >= 4 is 16.9 Å². The van der Waals surface area contributed by atoms with Crippen molar-refractivity contribution in [3.8, 4) is 0 Å². The number of amides is 1. The first-order valence-electron chi connectivity index (χ1n) is 10.5. The van der Waals surface area contributed by atoms with E-state index in [2.05, 4.69) is 48.4 Å². The first-order valence-corrected chi connectivity index (χ1v) is 10.5. The number of benzene rings is 1. The van der Waals surface area contributed by atoms with Crippen LogP contribution in [0, 0.1) is 13.8 Å². The number of carbonyl (C=O) groups is 1. The topological polar surface area (TPSA) is 81.2 Å². The van der Waals surface area contributed by atoms with Crippen molar-refractivity contribution in [2.45, 2.75) is 77.7 Å². The average molecular weight is 396 g/mol. The Labute approximate surface area is 171 Å². The third-order valence-electron chi connectivity index (χ3n) is 6.06. The Bertz CT molecular complexity index is 1030. The molecule has 2 aromatic heterocycles. The summed E-state index contributed by atoms with van der Waals surface area (Å²) in [6, 6.07) is 4.23. The lowest BCUT2D eigenvalue weighted by atomic mass is 9.80. The molecular formula is C23H29N3O3. The molecule has 6 heteroatoms. The van der Waals surface area contributed by atoms with Crippen molar-refractivity contribution in [3.63, 3.8) is 0 Å². The van der Waals surface area contributed by atoms with E-state index >= 15 is 0 Å². The summed E-state index contributed by atoms with van der Waals surface area (Å²) in [5.41, 5.74) is 3.70. The number of fused-ring (bicyclic) bond motifs is 1. The van der Waals surface area contributed by atoms with Gasteiger partial charge < -0.3 is 14.3 Å². The summed E-state index contributed by atoms with van der Waals surface area (Å²) < 4.78 is 11.0. The highest BCUT2D eigenvalue weighted by Crippen LogP contribution is 2.36. The largest absolute Gasteiger partial charge is 0.464 e. The predicted molar refractivity (Wildman–Crippen MR) is 111 cm³/mol. The number of carbonyl (C=O) groups excluding carboxylic acids is 1. The first kappa shape index (κ1) is 19.7. The average Bonchev–Trinajstić information content (AvgIpc) is 3.28. The van der Waals surface area contributed by atoms with E-state index in [-0.39, 0.29) is 12.3 Å². The van der Waals surface area contributed by atoms with Gasteiger partial charge in [-0.25, -0.2) is 0 Å². The van der Waals surface area contributed by atoms with Crippen LogP contribution in [0.25, 0.3) is 11.0 Å². The second-order valence-corrected chi connectivity index (χ2v) is 8.63. The van der Waals surface area contributed by atoms with E-state index < -0.39 is 5.54 Å². The smallest absolute Gasteiger partial charge is 0.225 e. The minimum atomic E-state index is -0.535. The van der Waals surface area contributed by atoms with Gasteiger partial charge in [0.25, 0.3) is 0 Å². The van der Waals surface area contributed by atoms with Gasteiger partial charge in [-0.15, -0.1) is 0 Å². The molecule has 4 rings (SSSR count). The van der Waals surface area contributed by atoms with Crippen molar-refractivity contribution in [1.82, 2.24) is 15.5 Å². The number of aryl methyl sites for hydroxylation is 2. The van der Waals surface area contributed by atoms with E-state index in [1.165, 1.54) is 11.1 Å². The Morgan fingerprint density at radius 1 is 1.21 bits per heavy atom. The molecule has 1 aliphatic rings. The standard InChI is InChI=1S/C23H29N3O3/c1-14(2)18-12-19-17(13-28-20(19)10-15(18)3)11-21(27)25-23(8-6-5-7-9-23)22-24-16(4)29-26-22/h10,12-14H,5-9,11H2,1-4H3,(H,25,27). The Kier molecular flexibility index (Phi) is 5.19. The van der Waals surface area contributed by atoms with Crippen LogP contribution in [0.15, 0.2) is 27.3 Å². The third-order valence-corrected chi connectivity index (χ3v) is 6.06. The van der Waals surface area contributed by atoms with Crippen LogP contribution in [0.1, 0.15) is 80.3 Å². The highest BCUT2D eigenvalue weighted by atomic mass is 16.5. The summed E-state index contributed by atoms with van der Waals surface area (Å²) in [7, 11) is 0. The summed E-state index contributed by atoms with van der Waals surface area (Å²) in [6.45, 7) is 8.24. The van der Waals surface area contributed by atoms with Gasteiger partial charge in [0, 0.05) is 17.9 Å². The van der Waals surface area contributed by atoms with Crippen molar-refractivity contribution in [1.29, 1.82) is 0 Å². The fraction of sp³-hybridized carbons (Fsp3) is 0.522. The molecule has 1 saturated carbocycles. The molecule has 6 nitrogen and oxygen atoms in total. The van der Waals surface area contributed by atoms with Gasteiger partial charge in [-0.3, -0.25) is 4.79 Å². The summed E-state index contributed by atoms with van der Waals surface area (Å²) in [4.78, 5) is 17.5. The fourth-order valence-electron chi connectivity index (χ4n) is 4.54. The van der Waals surface area contributed by atoms with Gasteiger partial charge in [0.15, 0.2) is 5.82 Å². The van der Waals surface area contributed by atoms with Gasteiger partial charge >= 0.3 is 0 Å². The molecule has 1 aromatic carbocycles. The number of rotatable bonds is 5. The molecule has 1 aliphatic carbocycles. The Morgan fingerprint density at radius 3 is 2.62 bits per heavy atom. The van der Waals surface area contributed by atoms with Gasteiger partial charge in [0.05, 0.1) is 12.7 Å². The van der Waals surface area contributed by atoms with Gasteiger partial charge in [-0.1, -0.05) is 38.3 Å². The molecule has 0 atom stereocenters. The van der Waals surface area contributed by atoms with Crippen LogP contribution in [0.2, 0.25) is 0 Å². The highest BCUT2D eigenvalue weighted by molar-refractivity contribution is 5.88. The van der Waals surface area contributed by atoms with E-state index in [9.17, 15) is 4.79 Å². The molecule has 0 bridgehead atoms. The SMILES string of the molecule is Cc1nc(C2(NC(=O)Cc3coc4cc(C)c(C(C)C)cc34)CCCCC2)no1. The number of aromatic nitrogens is 2. The maximum absolute atomic E-state index is 13.1. The lowest BCUT2D eigenvalue weighted by molar-refractivity contribution is -0.123. The monoisotopic (exact) mass is 395 g/mol. The molecule has 1 N–H and O–H groups in total. The summed E-state index contributed by atoms with van der Waals surface area (Å²) >= 11 is 0. The van der Waals surface area contributed by atoms with Crippen LogP contribution in [-0.2, 0) is 16.8 Å². The first-order chi connectivity index (χ1) is 13.9. The molecule has 2 heterocycles. The number of furan rings is 1. The quantitative estimate of drug-likeness (QED) is 0.652. The Hall–Kier alpha value is -2.63. The molecule has 154 valence electrons. The van der Waals surface area contributed by atoms with Crippen molar-refractivity contribution < 1.29 is 13.7 Å². The van der Waals surface area contributed by atoms with Gasteiger partial charge in [0.2, 0.25) is 11.8 Å². The summed E-state index contributed by atoms with van der Waals surface area (Å²) in [5, 5.41) is 8.40. The van der Waals surface area contributed by atoms with E-state index in [1.54, 1.807) is 13.2 Å². The minimum Gasteiger partial charge on any atom is -0.464 e. The fourth-order valence-corrected chi connectivity index (χ4v) is 4.54. The molecule has 0 spiro atoms. The Balaban J connectivity index is 1.59. The molecule has 3 aromatic rings. The predicted octanol–water partition coefficient (Wildman–Crippen LogP) is 5.07. The zero-order valence-electron chi connectivity index (χ0n) is 17.7. The second-order valence-electron chi connectivity index (χ2n) is 8.63. The van der Waals surface area contributed by atoms with E-state index in [1.807, 2.05) is 0 Å². The van der Waals surface area contributed by atoms with Gasteiger partial charge in [-0.2, -0.15) is 4.98 Å². The highest BCUT2D eigenvalue weighted by Gasteiger charge is 2.39. The van der Waals surface area contributed by atoms with Crippen LogP contribution in [-0.4, -0.2) is 16.0 Å². The molecule has 1 fully saturated rings. The second kappa shape index (κ2) is 7.65. The number of hydrogen-bond acceptors (Lipinski definition) is 5. The molecule has 0 saturated heterocycles. The van der Waals surface area contributed by atoms with E-state index in [0.29, 0.717) is 17.6 Å². The number of hydrogen-bond donors (Lipinski definition) is 1.